The van der Waals surface area contributed by atoms with Crippen LogP contribution in [0.3, 0.4) is 0 Å². The van der Waals surface area contributed by atoms with Gasteiger partial charge in [0.05, 0.1) is 29.3 Å². The number of likely N-dealkylation sites (tertiary alicyclic amines) is 1. The third-order valence-corrected chi connectivity index (χ3v) is 8.27. The molecule has 0 unspecified atom stereocenters. The van der Waals surface area contributed by atoms with Gasteiger partial charge in [0.15, 0.2) is 17.4 Å². The van der Waals surface area contributed by atoms with E-state index < -0.39 is 23.1 Å². The molecule has 1 aliphatic rings. The van der Waals surface area contributed by atoms with Crippen LogP contribution in [0.4, 0.5) is 27.6 Å². The smallest absolute Gasteiger partial charge is 0.271 e. The van der Waals surface area contributed by atoms with Gasteiger partial charge in [-0.05, 0) is 55.0 Å². The molecule has 1 fully saturated rings. The molecule has 0 saturated carbocycles. The second-order valence-electron chi connectivity index (χ2n) is 10.0. The maximum absolute atomic E-state index is 14.6. The van der Waals surface area contributed by atoms with E-state index in [2.05, 4.69) is 20.4 Å². The Balaban J connectivity index is 1.36. The first kappa shape index (κ1) is 26.5. The van der Waals surface area contributed by atoms with Crippen molar-refractivity contribution in [1.29, 1.82) is 0 Å². The van der Waals surface area contributed by atoms with Crippen LogP contribution in [0.5, 0.6) is 11.5 Å². The molecule has 0 aliphatic carbocycles. The van der Waals surface area contributed by atoms with Crippen molar-refractivity contribution in [3.8, 4) is 21.9 Å². The number of alkyl halides is 3. The Bertz CT molecular complexity index is 1670. The molecule has 2 aromatic heterocycles. The Morgan fingerprint density at radius 1 is 1.07 bits per heavy atom. The summed E-state index contributed by atoms with van der Waals surface area (Å²) in [5.41, 5.74) is 0.853. The van der Waals surface area contributed by atoms with Crippen molar-refractivity contribution in [2.24, 2.45) is 0 Å². The van der Waals surface area contributed by atoms with Crippen molar-refractivity contribution >= 4 is 38.0 Å². The van der Waals surface area contributed by atoms with E-state index in [1.165, 1.54) is 0 Å². The Kier molecular flexibility index (Phi) is 6.87. The first-order valence-corrected chi connectivity index (χ1v) is 13.6. The van der Waals surface area contributed by atoms with Crippen molar-refractivity contribution in [3.05, 3.63) is 71.9 Å². The summed E-state index contributed by atoms with van der Waals surface area (Å²) in [5.74, 6) is -5.29. The molecular weight excluding hydrogens is 547 g/mol. The molecule has 3 aromatic carbocycles. The van der Waals surface area contributed by atoms with E-state index in [4.69, 9.17) is 4.74 Å². The van der Waals surface area contributed by atoms with Gasteiger partial charge in [-0.2, -0.15) is 5.10 Å². The summed E-state index contributed by atoms with van der Waals surface area (Å²) in [6.45, 7) is 2.75. The number of anilines is 1. The Morgan fingerprint density at radius 2 is 1.82 bits per heavy atom. The van der Waals surface area contributed by atoms with Crippen LogP contribution in [0.25, 0.3) is 31.4 Å². The fraction of sp³-hybridized carbons (Fsp3) is 0.276. The number of benzene rings is 3. The summed E-state index contributed by atoms with van der Waals surface area (Å²) in [6.07, 6.45) is 2.16. The number of aromatic amines is 1. The van der Waals surface area contributed by atoms with Gasteiger partial charge in [0.25, 0.3) is 5.92 Å². The fourth-order valence-corrected chi connectivity index (χ4v) is 6.30. The van der Waals surface area contributed by atoms with Gasteiger partial charge in [0.1, 0.15) is 5.75 Å². The summed E-state index contributed by atoms with van der Waals surface area (Å²) in [6, 6.07) is 12.4. The van der Waals surface area contributed by atoms with Gasteiger partial charge in [-0.25, -0.2) is 17.6 Å². The lowest BCUT2D eigenvalue weighted by molar-refractivity contribution is 0.0177. The number of rotatable bonds is 9. The molecule has 0 radical (unpaired) electrons. The minimum atomic E-state index is -3.43. The van der Waals surface area contributed by atoms with Gasteiger partial charge in [0.2, 0.25) is 0 Å². The highest BCUT2D eigenvalue weighted by atomic mass is 32.1. The summed E-state index contributed by atoms with van der Waals surface area (Å²) in [7, 11) is 0. The zero-order chi connectivity index (χ0) is 28.0. The molecule has 0 bridgehead atoms. The minimum absolute atomic E-state index is 0.139. The van der Waals surface area contributed by atoms with Gasteiger partial charge >= 0.3 is 0 Å². The quantitative estimate of drug-likeness (QED) is 0.175. The molecule has 1 aliphatic heterocycles. The molecular formula is C29H25F5N4OS. The number of ether oxygens (including phenoxy) is 1. The summed E-state index contributed by atoms with van der Waals surface area (Å²) in [4.78, 5) is 2.44. The highest BCUT2D eigenvalue weighted by Gasteiger charge is 2.32. The molecule has 0 spiro atoms. The SMILES string of the molecule is CC(F)(F)c1cc(F)c(F)cc1-c1sc2c(ccc3[nH]ncc32)c1Oc1ccc(NC2CN(CCCF)C2)cc1. The van der Waals surface area contributed by atoms with Crippen LogP contribution in [0, 0.1) is 11.6 Å². The minimum Gasteiger partial charge on any atom is -0.455 e. The fourth-order valence-electron chi connectivity index (χ4n) is 5.03. The first-order chi connectivity index (χ1) is 19.2. The van der Waals surface area contributed by atoms with Crippen LogP contribution in [0.15, 0.2) is 54.7 Å². The van der Waals surface area contributed by atoms with Crippen LogP contribution in [-0.2, 0) is 5.92 Å². The highest BCUT2D eigenvalue weighted by molar-refractivity contribution is 7.23. The Morgan fingerprint density at radius 3 is 2.55 bits per heavy atom. The van der Waals surface area contributed by atoms with Gasteiger partial charge < -0.3 is 10.1 Å². The Labute approximate surface area is 230 Å². The number of nitrogens with one attached hydrogen (secondary N) is 2. The third kappa shape index (κ3) is 4.99. The van der Waals surface area contributed by atoms with Gasteiger partial charge in [-0.3, -0.25) is 14.4 Å². The summed E-state index contributed by atoms with van der Waals surface area (Å²) < 4.78 is 77.1. The number of thiophene rings is 1. The normalized spacial score (nSPS) is 14.7. The molecule has 208 valence electrons. The molecule has 2 N–H and O–H groups in total. The molecule has 0 amide bonds. The molecule has 5 aromatic rings. The van der Waals surface area contributed by atoms with Crippen LogP contribution in [-0.4, -0.2) is 47.4 Å². The Hall–Kier alpha value is -3.70. The lowest BCUT2D eigenvalue weighted by Gasteiger charge is -2.40. The molecule has 5 nitrogen and oxygen atoms in total. The van der Waals surface area contributed by atoms with Gasteiger partial charge in [-0.1, -0.05) is 0 Å². The summed E-state index contributed by atoms with van der Waals surface area (Å²) >= 11 is 1.16. The number of nitrogens with zero attached hydrogens (tertiary/aromatic N) is 2. The van der Waals surface area contributed by atoms with E-state index in [9.17, 15) is 22.0 Å². The van der Waals surface area contributed by atoms with Crippen LogP contribution in [0.1, 0.15) is 18.9 Å². The lowest BCUT2D eigenvalue weighted by atomic mass is 9.99. The van der Waals surface area contributed by atoms with Crippen molar-refractivity contribution in [2.75, 3.05) is 31.6 Å². The van der Waals surface area contributed by atoms with E-state index in [0.29, 0.717) is 35.2 Å². The van der Waals surface area contributed by atoms with Crippen LogP contribution >= 0.6 is 11.3 Å². The molecule has 1 saturated heterocycles. The van der Waals surface area contributed by atoms with E-state index in [1.54, 1.807) is 30.5 Å². The topological polar surface area (TPSA) is 53.2 Å². The zero-order valence-electron chi connectivity index (χ0n) is 21.4. The van der Waals surface area contributed by atoms with Crippen molar-refractivity contribution in [3.63, 3.8) is 0 Å². The van der Waals surface area contributed by atoms with Gasteiger partial charge in [0, 0.05) is 58.8 Å². The van der Waals surface area contributed by atoms with Crippen LogP contribution in [0.2, 0.25) is 0 Å². The van der Waals surface area contributed by atoms with Crippen molar-refractivity contribution in [1.82, 2.24) is 15.1 Å². The molecule has 6 rings (SSSR count). The number of H-pyrrole nitrogens is 1. The van der Waals surface area contributed by atoms with E-state index in [1.807, 2.05) is 12.1 Å². The number of hydrogen-bond donors (Lipinski definition) is 2. The average molecular weight is 573 g/mol. The second-order valence-corrected chi connectivity index (χ2v) is 11.0. The second kappa shape index (κ2) is 10.4. The molecule has 40 heavy (non-hydrogen) atoms. The highest BCUT2D eigenvalue weighted by Crippen LogP contribution is 2.51. The maximum atomic E-state index is 14.6. The van der Waals surface area contributed by atoms with Crippen molar-refractivity contribution < 1.29 is 26.7 Å². The maximum Gasteiger partial charge on any atom is 0.271 e. The third-order valence-electron chi connectivity index (χ3n) is 7.02. The predicted molar refractivity (Wildman–Crippen MR) is 147 cm³/mol. The number of hydrogen-bond acceptors (Lipinski definition) is 5. The first-order valence-electron chi connectivity index (χ1n) is 12.8. The van der Waals surface area contributed by atoms with Crippen LogP contribution < -0.4 is 10.1 Å². The lowest BCUT2D eigenvalue weighted by Crippen LogP contribution is -2.54. The monoisotopic (exact) mass is 572 g/mol. The number of aromatic nitrogens is 2. The standard InChI is InChI=1S/C29H25F5N4OS/c1-29(33,34)22-12-24(32)23(31)11-20(22)28-26(19-7-8-25-21(13-35-37-25)27(19)40-28)39-18-5-3-16(4-6-18)36-17-14-38(15-17)10-2-9-30/h3-8,11-13,17,36H,2,9-10,14-15H2,1H3,(H,35,37). The number of fused-ring (bicyclic) bond motifs is 3. The predicted octanol–water partition coefficient (Wildman–Crippen LogP) is 8.08. The summed E-state index contributed by atoms with van der Waals surface area (Å²) in [5, 5.41) is 11.8. The van der Waals surface area contributed by atoms with Gasteiger partial charge in [-0.15, -0.1) is 11.3 Å². The van der Waals surface area contributed by atoms with E-state index in [0.717, 1.165) is 53.6 Å². The molecule has 11 heteroatoms. The van der Waals surface area contributed by atoms with Crippen molar-refractivity contribution in [2.45, 2.75) is 25.3 Å². The molecule has 3 heterocycles. The van der Waals surface area contributed by atoms with E-state index >= 15 is 0 Å². The average Bonchev–Trinajstić information content (AvgIpc) is 3.52. The van der Waals surface area contributed by atoms with E-state index in [-0.39, 0.29) is 28.9 Å². The molecule has 0 atom stereocenters. The number of halogens is 5. The zero-order valence-corrected chi connectivity index (χ0v) is 22.2. The largest absolute Gasteiger partial charge is 0.455 e.